The summed E-state index contributed by atoms with van der Waals surface area (Å²) >= 11 is 0. The molecule has 2 rings (SSSR count). The zero-order valence-electron chi connectivity index (χ0n) is 10.6. The molecular weight excluding hydrogens is 218 g/mol. The number of nitrogens with zero attached hydrogens (tertiary/aromatic N) is 2. The van der Waals surface area contributed by atoms with Crippen LogP contribution in [0.5, 0.6) is 0 Å². The van der Waals surface area contributed by atoms with E-state index in [9.17, 15) is 0 Å². The van der Waals surface area contributed by atoms with E-state index in [-0.39, 0.29) is 0 Å². The number of aromatic nitrogens is 2. The number of hydrogen-bond acceptors (Lipinski definition) is 5. The summed E-state index contributed by atoms with van der Waals surface area (Å²) in [5.74, 6) is 1.42. The Morgan fingerprint density at radius 3 is 3.06 bits per heavy atom. The van der Waals surface area contributed by atoms with Crippen LogP contribution in [-0.2, 0) is 11.2 Å². The van der Waals surface area contributed by atoms with E-state index in [0.29, 0.717) is 23.9 Å². The normalized spacial score (nSPS) is 25.1. The van der Waals surface area contributed by atoms with Gasteiger partial charge in [0.05, 0.1) is 6.10 Å². The van der Waals surface area contributed by atoms with Crippen LogP contribution in [0.2, 0.25) is 0 Å². The minimum atomic E-state index is 0.423. The third-order valence-electron chi connectivity index (χ3n) is 3.30. The van der Waals surface area contributed by atoms with Gasteiger partial charge in [-0.05, 0) is 32.6 Å². The van der Waals surface area contributed by atoms with E-state index in [2.05, 4.69) is 15.5 Å². The first-order chi connectivity index (χ1) is 8.28. The highest BCUT2D eigenvalue weighted by atomic mass is 16.5. The third kappa shape index (κ3) is 3.78. The van der Waals surface area contributed by atoms with E-state index in [4.69, 9.17) is 9.26 Å². The number of hydrogen-bond donors (Lipinski definition) is 1. The molecule has 1 saturated carbocycles. The van der Waals surface area contributed by atoms with E-state index in [1.807, 2.05) is 6.92 Å². The molecule has 1 aromatic rings. The molecule has 0 aliphatic heterocycles. The maximum Gasteiger partial charge on any atom is 0.227 e. The Hall–Kier alpha value is -0.940. The molecule has 0 aromatic carbocycles. The van der Waals surface area contributed by atoms with Crippen LogP contribution in [0.4, 0.5) is 0 Å². The molecule has 0 saturated heterocycles. The average molecular weight is 239 g/mol. The summed E-state index contributed by atoms with van der Waals surface area (Å²) in [5.41, 5.74) is 0. The number of methoxy groups -OCH3 is 1. The molecule has 1 heterocycles. The summed E-state index contributed by atoms with van der Waals surface area (Å²) in [4.78, 5) is 4.18. The number of aryl methyl sites for hydroxylation is 1. The van der Waals surface area contributed by atoms with Gasteiger partial charge in [-0.25, -0.2) is 0 Å². The second kappa shape index (κ2) is 6.12. The van der Waals surface area contributed by atoms with Crippen molar-refractivity contribution in [3.05, 3.63) is 11.7 Å². The van der Waals surface area contributed by atoms with Crippen LogP contribution in [0.3, 0.4) is 0 Å². The van der Waals surface area contributed by atoms with Crippen LogP contribution in [0.15, 0.2) is 4.52 Å². The van der Waals surface area contributed by atoms with Gasteiger partial charge in [0.15, 0.2) is 5.82 Å². The van der Waals surface area contributed by atoms with Gasteiger partial charge in [0.1, 0.15) is 0 Å². The van der Waals surface area contributed by atoms with E-state index in [0.717, 1.165) is 19.4 Å². The monoisotopic (exact) mass is 239 g/mol. The van der Waals surface area contributed by atoms with E-state index < -0.39 is 0 Å². The van der Waals surface area contributed by atoms with E-state index in [1.54, 1.807) is 7.11 Å². The lowest BCUT2D eigenvalue weighted by atomic mass is 9.93. The van der Waals surface area contributed by atoms with Gasteiger partial charge in [-0.1, -0.05) is 5.16 Å². The number of rotatable bonds is 5. The zero-order valence-corrected chi connectivity index (χ0v) is 10.6. The fraction of sp³-hybridized carbons (Fsp3) is 0.833. The minimum Gasteiger partial charge on any atom is -0.381 e. The maximum absolute atomic E-state index is 5.41. The zero-order chi connectivity index (χ0) is 12.1. The second-order valence-corrected chi connectivity index (χ2v) is 4.66. The SMILES string of the molecule is COC1CCCC(NCCc2nc(C)no2)C1. The predicted octanol–water partition coefficient (Wildman–Crippen LogP) is 1.47. The molecule has 2 unspecified atom stereocenters. The van der Waals surface area contributed by atoms with Crippen LogP contribution < -0.4 is 5.32 Å². The van der Waals surface area contributed by atoms with Crippen molar-refractivity contribution in [2.75, 3.05) is 13.7 Å². The molecule has 1 aromatic heterocycles. The van der Waals surface area contributed by atoms with Crippen molar-refractivity contribution in [2.45, 2.75) is 51.2 Å². The summed E-state index contributed by atoms with van der Waals surface area (Å²) in [7, 11) is 1.80. The Labute approximate surface area is 102 Å². The van der Waals surface area contributed by atoms with Crippen molar-refractivity contribution in [3.8, 4) is 0 Å². The summed E-state index contributed by atoms with van der Waals surface area (Å²) in [6, 6.07) is 0.567. The molecule has 1 aliphatic carbocycles. The van der Waals surface area contributed by atoms with Crippen molar-refractivity contribution < 1.29 is 9.26 Å². The Kier molecular flexibility index (Phi) is 4.50. The molecular formula is C12H21N3O2. The second-order valence-electron chi connectivity index (χ2n) is 4.66. The predicted molar refractivity (Wildman–Crippen MR) is 63.8 cm³/mol. The largest absolute Gasteiger partial charge is 0.381 e. The fourth-order valence-electron chi connectivity index (χ4n) is 2.37. The van der Waals surface area contributed by atoms with Crippen LogP contribution in [0.25, 0.3) is 0 Å². The third-order valence-corrected chi connectivity index (χ3v) is 3.30. The van der Waals surface area contributed by atoms with Gasteiger partial charge >= 0.3 is 0 Å². The van der Waals surface area contributed by atoms with Crippen LogP contribution in [0.1, 0.15) is 37.4 Å². The quantitative estimate of drug-likeness (QED) is 0.843. The molecule has 0 amide bonds. The highest BCUT2D eigenvalue weighted by molar-refractivity contribution is 4.85. The minimum absolute atomic E-state index is 0.423. The van der Waals surface area contributed by atoms with Crippen LogP contribution in [-0.4, -0.2) is 35.9 Å². The van der Waals surface area contributed by atoms with E-state index >= 15 is 0 Å². The van der Waals surface area contributed by atoms with Gasteiger partial charge in [-0.15, -0.1) is 0 Å². The van der Waals surface area contributed by atoms with Crippen molar-refractivity contribution in [1.82, 2.24) is 15.5 Å². The lowest BCUT2D eigenvalue weighted by Gasteiger charge is -2.28. The summed E-state index contributed by atoms with van der Waals surface area (Å²) < 4.78 is 10.5. The molecule has 0 bridgehead atoms. The van der Waals surface area contributed by atoms with Crippen molar-refractivity contribution in [1.29, 1.82) is 0 Å². The van der Waals surface area contributed by atoms with Gasteiger partial charge in [0, 0.05) is 26.1 Å². The Morgan fingerprint density at radius 1 is 1.47 bits per heavy atom. The van der Waals surface area contributed by atoms with Crippen molar-refractivity contribution in [2.24, 2.45) is 0 Å². The first kappa shape index (κ1) is 12.5. The summed E-state index contributed by atoms with van der Waals surface area (Å²) in [5, 5.41) is 7.31. The lowest BCUT2D eigenvalue weighted by Crippen LogP contribution is -2.37. The molecule has 0 radical (unpaired) electrons. The maximum atomic E-state index is 5.41. The first-order valence-corrected chi connectivity index (χ1v) is 6.33. The Balaban J connectivity index is 1.68. The van der Waals surface area contributed by atoms with Gasteiger partial charge < -0.3 is 14.6 Å². The van der Waals surface area contributed by atoms with Crippen LogP contribution in [0, 0.1) is 6.92 Å². The molecule has 17 heavy (non-hydrogen) atoms. The molecule has 2 atom stereocenters. The summed E-state index contributed by atoms with van der Waals surface area (Å²) in [6.45, 7) is 2.73. The number of ether oxygens (including phenoxy) is 1. The fourth-order valence-corrected chi connectivity index (χ4v) is 2.37. The van der Waals surface area contributed by atoms with Gasteiger partial charge in [0.2, 0.25) is 5.89 Å². The molecule has 1 N–H and O–H groups in total. The van der Waals surface area contributed by atoms with Gasteiger partial charge in [-0.3, -0.25) is 0 Å². The van der Waals surface area contributed by atoms with Crippen molar-refractivity contribution >= 4 is 0 Å². The molecule has 1 aliphatic rings. The summed E-state index contributed by atoms with van der Waals surface area (Å²) in [6.07, 6.45) is 6.01. The molecule has 5 heteroatoms. The van der Waals surface area contributed by atoms with Crippen molar-refractivity contribution in [3.63, 3.8) is 0 Å². The van der Waals surface area contributed by atoms with E-state index in [1.165, 1.54) is 19.3 Å². The van der Waals surface area contributed by atoms with Crippen LogP contribution >= 0.6 is 0 Å². The molecule has 96 valence electrons. The Morgan fingerprint density at radius 2 is 2.35 bits per heavy atom. The topological polar surface area (TPSA) is 60.2 Å². The lowest BCUT2D eigenvalue weighted by molar-refractivity contribution is 0.0589. The highest BCUT2D eigenvalue weighted by Crippen LogP contribution is 2.20. The van der Waals surface area contributed by atoms with Gasteiger partial charge in [0.25, 0.3) is 0 Å². The number of nitrogens with one attached hydrogen (secondary N) is 1. The standard InChI is InChI=1S/C12H21N3O2/c1-9-14-12(17-15-9)6-7-13-10-4-3-5-11(8-10)16-2/h10-11,13H,3-8H2,1-2H3. The smallest absolute Gasteiger partial charge is 0.227 e. The molecule has 0 spiro atoms. The van der Waals surface area contributed by atoms with Gasteiger partial charge in [-0.2, -0.15) is 4.98 Å². The first-order valence-electron chi connectivity index (χ1n) is 6.33. The Bertz CT molecular complexity index is 340. The average Bonchev–Trinajstić information content (AvgIpc) is 2.75. The highest BCUT2D eigenvalue weighted by Gasteiger charge is 2.21. The molecule has 1 fully saturated rings. The molecule has 5 nitrogen and oxygen atoms in total.